The number of aliphatic carboxylic acids is 3. The number of carbonyl (C=O) groups is 23. The third-order valence-electron chi connectivity index (χ3n) is 21.7. The SMILES string of the molecule is CC(=O)C(CCCCNC(=O)COCC(=O)Cc1ccc(CCC(=O)N2CCC2=O)cc1)CC(=O)CCS.O=C(CCS)CC(CCCNC(=O)COCC(=O)Nc1ccc(CCC(=O)N2CCC2=O)cc1)C(=O)O.O=C(CCS)CC(CNC(=O)COCC(=O)Nc1ccc(CCC(=O)N2CCC2=O)cc1)C(=O)O.O=C(COCC(=O)NC(CS)C(=O)O)Nc1ccc(CCC(=O)N2CCC2=O)cc1. The fraction of sp³-hybridized carbons (Fsp3) is 0.505. The van der Waals surface area contributed by atoms with Crippen LogP contribution in [0, 0.1) is 17.8 Å². The highest BCUT2D eigenvalue weighted by Gasteiger charge is 2.34. The topological polar surface area (TPSA) is 587 Å². The molecule has 4 aromatic carbocycles. The number of likely N-dealkylation sites (tertiary alicyclic amines) is 4. The summed E-state index contributed by atoms with van der Waals surface area (Å²) in [4.78, 5) is 273. The molecule has 0 aliphatic carbocycles. The summed E-state index contributed by atoms with van der Waals surface area (Å²) < 4.78 is 20.4. The van der Waals surface area contributed by atoms with Gasteiger partial charge >= 0.3 is 17.9 Å². The number of benzene rings is 4. The molecule has 15 amide bonds. The number of anilines is 3. The number of amides is 15. The van der Waals surface area contributed by atoms with Crippen LogP contribution in [0.1, 0.15) is 157 Å². The van der Waals surface area contributed by atoms with Gasteiger partial charge in [0.15, 0.2) is 5.78 Å². The van der Waals surface area contributed by atoms with Crippen LogP contribution < -0.4 is 37.2 Å². The van der Waals surface area contributed by atoms with E-state index in [0.717, 1.165) is 27.8 Å². The Morgan fingerprint density at radius 2 is 0.636 bits per heavy atom. The van der Waals surface area contributed by atoms with Crippen molar-refractivity contribution in [2.24, 2.45) is 17.8 Å². The molecular weight excluding hydrogens is 1900 g/mol. The normalized spacial score (nSPS) is 13.6. The molecule has 0 radical (unpaired) electrons. The van der Waals surface area contributed by atoms with Gasteiger partial charge in [-0.3, -0.25) is 125 Å². The summed E-state index contributed by atoms with van der Waals surface area (Å²) in [5.41, 5.74) is 5.98. The molecule has 4 aliphatic rings. The molecule has 41 nitrogen and oxygen atoms in total. The molecular formula is C95H123N11O30S4. The standard InChI is InChI=1S/C28H38N2O7S.C25H33N3O8S.C23H29N3O8S.C19H23N3O7S/c1-20(31)23(17-24(32)12-15-38)4-2-3-13-29-26(34)19-37-18-25(33)16-22-7-5-21(6-8-22)9-10-27(35)30-14-11-28(30)36;29-20(10-13-37)14-18(25(34)35)2-1-11-26-21(30)15-36-16-22(31)27-19-6-3-17(4-7-19)5-8-23(32)28-12-9-24(28)33;27-18(8-10-35)11-16(23(32)33)12-24-19(28)13-34-14-20(29)25-17-4-1-15(2-5-17)3-6-21(30)26-9-7-22(26)31;23-15(9-29-10-16(24)21-14(11-30)19(27)28)20-13-4-1-12(2-5-13)3-6-17(25)22-8-7-18(22)26/h5-8,23,38H,2-4,9-19H2,1H3,(H,29,34);3-4,6-7,18,37H,1-2,5,8-16H2,(H,26,30)(H,27,31)(H,34,35);1-2,4-5,16,35H,3,6-14H2,(H,24,28)(H,25,29)(H,32,33);1-2,4-5,14,30H,3,6-11H2,(H,20,23)(H,21,24)(H,27,28). The number of nitrogens with zero attached hydrogens (tertiary/aromatic N) is 4. The van der Waals surface area contributed by atoms with Gasteiger partial charge in [-0.2, -0.15) is 50.5 Å². The van der Waals surface area contributed by atoms with Crippen LogP contribution in [0.5, 0.6) is 0 Å². The molecule has 140 heavy (non-hydrogen) atoms. The van der Waals surface area contributed by atoms with Gasteiger partial charge in [0.2, 0.25) is 88.6 Å². The highest BCUT2D eigenvalue weighted by Crippen LogP contribution is 2.23. The van der Waals surface area contributed by atoms with E-state index >= 15 is 0 Å². The molecule has 4 heterocycles. The minimum Gasteiger partial charge on any atom is -0.481 e. The van der Waals surface area contributed by atoms with Crippen molar-refractivity contribution in [1.82, 2.24) is 40.9 Å². The highest BCUT2D eigenvalue weighted by molar-refractivity contribution is 7.80. The number of ketones is 5. The van der Waals surface area contributed by atoms with Crippen LogP contribution in [0.15, 0.2) is 97.1 Å². The van der Waals surface area contributed by atoms with Gasteiger partial charge in [-0.25, -0.2) is 4.79 Å². The fourth-order valence-corrected chi connectivity index (χ4v) is 14.4. The first-order valence-electron chi connectivity index (χ1n) is 45.5. The van der Waals surface area contributed by atoms with Gasteiger partial charge in [0.05, 0.1) is 11.8 Å². The van der Waals surface area contributed by atoms with Crippen molar-refractivity contribution in [2.75, 3.05) is 138 Å². The number of hydrogen-bond acceptors (Lipinski definition) is 31. The van der Waals surface area contributed by atoms with Crippen LogP contribution in [0.4, 0.5) is 17.1 Å². The lowest BCUT2D eigenvalue weighted by Crippen LogP contribution is -2.47. The average molecular weight is 2030 g/mol. The number of hydrogen-bond donors (Lipinski definition) is 14. The van der Waals surface area contributed by atoms with E-state index in [2.05, 4.69) is 87.7 Å². The predicted octanol–water partition coefficient (Wildman–Crippen LogP) is 3.75. The second kappa shape index (κ2) is 65.6. The lowest BCUT2D eigenvalue weighted by Gasteiger charge is -2.28. The number of Topliss-reactive ketones (excluding diaryl/α,β-unsaturated/α-hetero) is 5. The first-order valence-corrected chi connectivity index (χ1v) is 48.1. The van der Waals surface area contributed by atoms with Crippen LogP contribution in [-0.4, -0.2) is 298 Å². The summed E-state index contributed by atoms with van der Waals surface area (Å²) in [5, 5.41) is 45.0. The van der Waals surface area contributed by atoms with E-state index in [-0.39, 0.29) is 211 Å². The minimum absolute atomic E-state index is 0.00312. The molecule has 4 fully saturated rings. The van der Waals surface area contributed by atoms with Gasteiger partial charge in [-0.1, -0.05) is 67.1 Å². The molecule has 0 spiro atoms. The molecule has 4 aliphatic heterocycles. The zero-order valence-electron chi connectivity index (χ0n) is 77.9. The van der Waals surface area contributed by atoms with Crippen LogP contribution in [0.25, 0.3) is 0 Å². The summed E-state index contributed by atoms with van der Waals surface area (Å²) in [6.07, 6.45) is 8.21. The van der Waals surface area contributed by atoms with Crippen molar-refractivity contribution in [3.05, 3.63) is 125 Å². The van der Waals surface area contributed by atoms with Crippen molar-refractivity contribution < 1.29 is 145 Å². The summed E-state index contributed by atoms with van der Waals surface area (Å²) in [7, 11) is 0. The fourth-order valence-electron chi connectivity index (χ4n) is 13.4. The average Bonchev–Trinajstić information content (AvgIpc) is 0.851. The third-order valence-corrected chi connectivity index (χ3v) is 22.8. The Balaban J connectivity index is 0.000000330. The monoisotopic (exact) mass is 2030 g/mol. The van der Waals surface area contributed by atoms with Crippen molar-refractivity contribution in [2.45, 2.75) is 167 Å². The Hall–Kier alpha value is -12.3. The van der Waals surface area contributed by atoms with E-state index in [9.17, 15) is 120 Å². The largest absolute Gasteiger partial charge is 0.481 e. The van der Waals surface area contributed by atoms with Crippen molar-refractivity contribution in [1.29, 1.82) is 0 Å². The molecule has 0 saturated carbocycles. The van der Waals surface area contributed by atoms with E-state index < -0.39 is 91.0 Å². The smallest absolute Gasteiger partial charge is 0.327 e. The van der Waals surface area contributed by atoms with E-state index in [1.54, 1.807) is 72.8 Å². The molecule has 4 unspecified atom stereocenters. The zero-order valence-corrected chi connectivity index (χ0v) is 81.5. The molecule has 0 bridgehead atoms. The number of carboxylic acid groups (broad SMARTS) is 3. The summed E-state index contributed by atoms with van der Waals surface area (Å²) >= 11 is 15.8. The quantitative estimate of drug-likeness (QED) is 0.0170. The molecule has 4 saturated heterocycles. The van der Waals surface area contributed by atoms with Gasteiger partial charge in [0.25, 0.3) is 0 Å². The van der Waals surface area contributed by atoms with Gasteiger partial charge in [-0.15, -0.1) is 0 Å². The maximum Gasteiger partial charge on any atom is 0.327 e. The molecule has 4 atom stereocenters. The first kappa shape index (κ1) is 118. The maximum absolute atomic E-state index is 12.2. The summed E-state index contributed by atoms with van der Waals surface area (Å²) in [5.74, 6) is -9.67. The van der Waals surface area contributed by atoms with Crippen molar-refractivity contribution >= 4 is 203 Å². The second-order valence-corrected chi connectivity index (χ2v) is 34.5. The Bertz CT molecular complexity index is 4950. The maximum atomic E-state index is 12.2. The number of unbranched alkanes of at least 4 members (excludes halogenated alkanes) is 1. The lowest BCUT2D eigenvalue weighted by atomic mass is 9.92. The summed E-state index contributed by atoms with van der Waals surface area (Å²) in [6, 6.07) is 26.9. The van der Waals surface area contributed by atoms with Crippen LogP contribution >= 0.6 is 50.5 Å². The molecule has 0 aromatic heterocycles. The minimum atomic E-state index is -1.21. The highest BCUT2D eigenvalue weighted by atomic mass is 32.1. The van der Waals surface area contributed by atoms with E-state index in [0.29, 0.717) is 151 Å². The number of imide groups is 4. The van der Waals surface area contributed by atoms with Gasteiger partial charge in [-0.05, 0) is 140 Å². The Kier molecular flexibility index (Phi) is 55.4. The number of thiol groups is 4. The number of β-lactam (4-membered cyclic amide) rings is 4. The molecule has 4 aromatic rings. The van der Waals surface area contributed by atoms with E-state index in [1.165, 1.54) is 26.5 Å². The van der Waals surface area contributed by atoms with Gasteiger partial charge in [0.1, 0.15) is 82.0 Å². The number of rotatable bonds is 62. The number of carboxylic acids is 3. The second-order valence-electron chi connectivity index (χ2n) is 32.8. The number of nitrogens with one attached hydrogen (secondary N) is 7. The first-order chi connectivity index (χ1) is 66.9. The van der Waals surface area contributed by atoms with E-state index in [1.807, 2.05) is 24.3 Å². The number of ether oxygens (including phenoxy) is 4. The zero-order chi connectivity index (χ0) is 103. The lowest BCUT2D eigenvalue weighted by molar-refractivity contribution is -0.153. The Morgan fingerprint density at radius 3 is 0.950 bits per heavy atom. The van der Waals surface area contributed by atoms with Crippen molar-refractivity contribution in [3.8, 4) is 0 Å². The van der Waals surface area contributed by atoms with Crippen LogP contribution in [0.2, 0.25) is 0 Å². The molecule has 762 valence electrons. The predicted molar refractivity (Wildman–Crippen MR) is 519 cm³/mol. The van der Waals surface area contributed by atoms with Crippen LogP contribution in [0.3, 0.4) is 0 Å². The Morgan fingerprint density at radius 1 is 0.336 bits per heavy atom. The van der Waals surface area contributed by atoms with E-state index in [4.69, 9.17) is 24.1 Å². The van der Waals surface area contributed by atoms with Crippen LogP contribution in [-0.2, 0) is 161 Å². The van der Waals surface area contributed by atoms with Gasteiger partial charge in [0, 0.05) is 171 Å². The number of aryl methyl sites for hydroxylation is 4. The van der Waals surface area contributed by atoms with Gasteiger partial charge < -0.3 is 71.5 Å². The Labute approximate surface area is 831 Å². The van der Waals surface area contributed by atoms with Crippen molar-refractivity contribution in [3.63, 3.8) is 0 Å². The number of carbonyl (C=O) groups excluding carboxylic acids is 20. The molecule has 10 N–H and O–H groups in total. The summed E-state index contributed by atoms with van der Waals surface area (Å²) in [6.45, 7) is 1.15. The molecule has 45 heteroatoms. The molecule has 8 rings (SSSR count). The third kappa shape index (κ3) is 47.6.